The van der Waals surface area contributed by atoms with E-state index in [1.54, 1.807) is 0 Å². The molecule has 0 bridgehead atoms. The zero-order valence-corrected chi connectivity index (χ0v) is 35.4. The first-order chi connectivity index (χ1) is 33.9. The van der Waals surface area contributed by atoms with Crippen LogP contribution in [0, 0.1) is 0 Å². The lowest BCUT2D eigenvalue weighted by Crippen LogP contribution is -2.11. The molecule has 306 valence electrons. The molecular formula is C62H43N3. The average molecular weight is 834 g/mol. The molecule has 0 aliphatic carbocycles. The molecular weight excluding hydrogens is 787 g/mol. The highest BCUT2D eigenvalue weighted by molar-refractivity contribution is 6.13. The Morgan fingerprint density at radius 2 is 0.846 bits per heavy atom. The van der Waals surface area contributed by atoms with Gasteiger partial charge < -0.3 is 14.4 Å². The third-order valence-electron chi connectivity index (χ3n) is 12.4. The van der Waals surface area contributed by atoms with E-state index in [-0.39, 0.29) is 35.4 Å². The number of fused-ring (bicyclic) bond motifs is 5. The molecule has 3 nitrogen and oxygen atoms in total. The highest BCUT2D eigenvalue weighted by Gasteiger charge is 2.21. The number of nitrogens with zero attached hydrogens (tertiary/aromatic N) is 3. The lowest BCUT2D eigenvalue weighted by atomic mass is 9.96. The summed E-state index contributed by atoms with van der Waals surface area (Å²) in [6.07, 6.45) is 0. The van der Waals surface area contributed by atoms with Gasteiger partial charge in [-0.25, -0.2) is 0 Å². The van der Waals surface area contributed by atoms with Gasteiger partial charge in [-0.2, -0.15) is 0 Å². The smallest absolute Gasteiger partial charge is 0.0645 e. The third kappa shape index (κ3) is 6.78. The Kier molecular flexibility index (Phi) is 8.47. The largest absolute Gasteiger partial charge is 0.311 e. The summed E-state index contributed by atoms with van der Waals surface area (Å²) in [6.45, 7) is 0. The van der Waals surface area contributed by atoms with Gasteiger partial charge in [0.15, 0.2) is 0 Å². The molecule has 1 aromatic heterocycles. The van der Waals surface area contributed by atoms with E-state index in [9.17, 15) is 5.48 Å². The van der Waals surface area contributed by atoms with Crippen molar-refractivity contribution in [1.29, 1.82) is 0 Å². The first-order valence-electron chi connectivity index (χ1n) is 23.9. The van der Waals surface area contributed by atoms with E-state index in [4.69, 9.17) is 0 Å². The van der Waals surface area contributed by atoms with Crippen molar-refractivity contribution >= 4 is 77.5 Å². The lowest BCUT2D eigenvalue weighted by Gasteiger charge is -2.28. The minimum atomic E-state index is -0.129. The average Bonchev–Trinajstić information content (AvgIpc) is 3.74. The van der Waals surface area contributed by atoms with E-state index in [1.165, 1.54) is 0 Å². The van der Waals surface area contributed by atoms with Crippen molar-refractivity contribution in [3.8, 4) is 27.9 Å². The first kappa shape index (κ1) is 33.9. The van der Waals surface area contributed by atoms with E-state index < -0.39 is 0 Å². The zero-order chi connectivity index (χ0) is 46.6. The van der Waals surface area contributed by atoms with Gasteiger partial charge in [0.2, 0.25) is 0 Å². The molecule has 65 heavy (non-hydrogen) atoms. The van der Waals surface area contributed by atoms with Crippen molar-refractivity contribution in [2.45, 2.75) is 0 Å². The van der Waals surface area contributed by atoms with Gasteiger partial charge >= 0.3 is 0 Å². The molecule has 0 N–H and O–H groups in total. The molecule has 0 radical (unpaired) electrons. The number of hydrogen-bond donors (Lipinski definition) is 0. The van der Waals surface area contributed by atoms with E-state index in [0.29, 0.717) is 5.56 Å². The van der Waals surface area contributed by atoms with E-state index in [2.05, 4.69) is 143 Å². The molecule has 0 amide bonds. The Hall–Kier alpha value is -8.66. The van der Waals surface area contributed by atoms with Crippen LogP contribution >= 0.6 is 0 Å². The normalized spacial score (nSPS) is 12.2. The topological polar surface area (TPSA) is 11.4 Å². The minimum Gasteiger partial charge on any atom is -0.311 e. The fraction of sp³-hybridized carbons (Fsp3) is 0. The van der Waals surface area contributed by atoms with Gasteiger partial charge in [0.25, 0.3) is 0 Å². The van der Waals surface area contributed by atoms with Crippen LogP contribution in [0.25, 0.3) is 71.3 Å². The predicted molar refractivity (Wildman–Crippen MR) is 276 cm³/mol. The second-order valence-electron chi connectivity index (χ2n) is 16.2. The molecule has 0 aliphatic rings. The standard InChI is InChI=1S/C62H43N3/c1-4-17-44(18-5-1)45-33-37-50(38-34-45)63(48-21-6-2-7-22-48)51-39-35-47(36-40-51)53-27-15-29-56-55(53)28-16-32-61(56)65(59-31-14-20-46-19-10-11-25-54(46)59)52-41-42-62-58(43-52)57-26-12-13-30-60(57)64(62)49-23-8-3-9-24-49/h1-43H/i35D,36D,39D,40D. The maximum absolute atomic E-state index is 9.73. The molecule has 12 rings (SSSR count). The Labute approximate surface area is 384 Å². The molecule has 12 aromatic rings. The molecule has 0 saturated heterocycles. The van der Waals surface area contributed by atoms with Crippen LogP contribution in [0.2, 0.25) is 0 Å². The monoisotopic (exact) mass is 833 g/mol. The highest BCUT2D eigenvalue weighted by Crippen LogP contribution is 2.46. The Balaban J connectivity index is 1.04. The van der Waals surface area contributed by atoms with Crippen LogP contribution < -0.4 is 9.80 Å². The number of anilines is 6. The van der Waals surface area contributed by atoms with Crippen molar-refractivity contribution in [2.24, 2.45) is 0 Å². The molecule has 3 heteroatoms. The van der Waals surface area contributed by atoms with Crippen molar-refractivity contribution in [3.63, 3.8) is 0 Å². The number of para-hydroxylation sites is 3. The first-order valence-corrected chi connectivity index (χ1v) is 21.9. The van der Waals surface area contributed by atoms with E-state index in [1.807, 2.05) is 108 Å². The summed E-state index contributed by atoms with van der Waals surface area (Å²) < 4.78 is 41.1. The number of rotatable bonds is 9. The number of hydrogen-bond acceptors (Lipinski definition) is 2. The van der Waals surface area contributed by atoms with Crippen LogP contribution in [-0.4, -0.2) is 4.57 Å². The Morgan fingerprint density at radius 1 is 0.308 bits per heavy atom. The van der Waals surface area contributed by atoms with Crippen LogP contribution in [0.15, 0.2) is 261 Å². The summed E-state index contributed by atoms with van der Waals surface area (Å²) >= 11 is 0. The fourth-order valence-corrected chi connectivity index (χ4v) is 9.44. The molecule has 0 saturated carbocycles. The summed E-state index contributed by atoms with van der Waals surface area (Å²) in [4.78, 5) is 4.15. The second-order valence-corrected chi connectivity index (χ2v) is 16.2. The third-order valence-corrected chi connectivity index (χ3v) is 12.4. The molecule has 11 aromatic carbocycles. The van der Waals surface area contributed by atoms with Crippen LogP contribution in [0.5, 0.6) is 0 Å². The van der Waals surface area contributed by atoms with Gasteiger partial charge in [0.05, 0.1) is 27.9 Å². The zero-order valence-electron chi connectivity index (χ0n) is 39.4. The van der Waals surface area contributed by atoms with Gasteiger partial charge in [0.1, 0.15) is 0 Å². The van der Waals surface area contributed by atoms with Gasteiger partial charge in [-0.15, -0.1) is 0 Å². The quantitative estimate of drug-likeness (QED) is 0.144. The second kappa shape index (κ2) is 16.2. The maximum atomic E-state index is 9.73. The van der Waals surface area contributed by atoms with Crippen LogP contribution in [0.1, 0.15) is 5.48 Å². The summed E-state index contributed by atoms with van der Waals surface area (Å²) in [5, 5.41) is 6.19. The summed E-state index contributed by atoms with van der Waals surface area (Å²) in [5.41, 5.74) is 10.8. The van der Waals surface area contributed by atoms with Gasteiger partial charge in [0, 0.05) is 50.0 Å². The number of benzene rings is 11. The van der Waals surface area contributed by atoms with Crippen molar-refractivity contribution in [3.05, 3.63) is 261 Å². The van der Waals surface area contributed by atoms with Gasteiger partial charge in [-0.3, -0.25) is 0 Å². The maximum Gasteiger partial charge on any atom is 0.0645 e. The summed E-state index contributed by atoms with van der Waals surface area (Å²) in [7, 11) is 0. The molecule has 0 aliphatic heterocycles. The van der Waals surface area contributed by atoms with Gasteiger partial charge in [-0.1, -0.05) is 176 Å². The molecule has 0 atom stereocenters. The summed E-state index contributed by atoms with van der Waals surface area (Å²) in [6, 6.07) is 80.0. The minimum absolute atomic E-state index is 0.114. The van der Waals surface area contributed by atoms with Crippen molar-refractivity contribution < 1.29 is 5.48 Å². The molecule has 0 spiro atoms. The fourth-order valence-electron chi connectivity index (χ4n) is 9.44. The van der Waals surface area contributed by atoms with Crippen LogP contribution in [0.3, 0.4) is 0 Å². The van der Waals surface area contributed by atoms with Crippen molar-refractivity contribution in [2.75, 3.05) is 9.80 Å². The molecule has 0 fully saturated rings. The van der Waals surface area contributed by atoms with Crippen molar-refractivity contribution in [1.82, 2.24) is 4.57 Å². The molecule has 0 unspecified atom stereocenters. The van der Waals surface area contributed by atoms with E-state index >= 15 is 0 Å². The lowest BCUT2D eigenvalue weighted by molar-refractivity contribution is 1.18. The highest BCUT2D eigenvalue weighted by atomic mass is 15.2. The summed E-state index contributed by atoms with van der Waals surface area (Å²) in [5.74, 6) is 0. The van der Waals surface area contributed by atoms with Crippen LogP contribution in [0.4, 0.5) is 34.1 Å². The predicted octanol–water partition coefficient (Wildman–Crippen LogP) is 17.4. The van der Waals surface area contributed by atoms with E-state index in [0.717, 1.165) is 88.6 Å². The van der Waals surface area contributed by atoms with Crippen LogP contribution in [-0.2, 0) is 0 Å². The SMILES string of the molecule is [2H]c1c([2H])c(N(c2ccccc2)c2ccc(-c3ccccc3)cc2)c([2H])c([2H])c1-c1cccc2c(N(c3ccc4c(c3)c3ccccc3n4-c3ccccc3)c3cccc4ccccc34)cccc12. The molecule has 1 heterocycles. The Morgan fingerprint density at radius 3 is 1.63 bits per heavy atom. The number of aromatic nitrogens is 1. The Bertz CT molecular complexity index is 3860. The van der Waals surface area contributed by atoms with Gasteiger partial charge in [-0.05, 0) is 118 Å².